The van der Waals surface area contributed by atoms with Gasteiger partial charge in [-0.05, 0) is 38.9 Å². The van der Waals surface area contributed by atoms with E-state index in [0.717, 1.165) is 38.3 Å². The number of nitrogens with zero attached hydrogens (tertiary/aromatic N) is 1. The minimum atomic E-state index is 0.561. The Morgan fingerprint density at radius 2 is 2.24 bits per heavy atom. The molecule has 0 aromatic heterocycles. The molecule has 0 saturated carbocycles. The van der Waals surface area contributed by atoms with Gasteiger partial charge in [0, 0.05) is 19.1 Å². The van der Waals surface area contributed by atoms with E-state index < -0.39 is 0 Å². The van der Waals surface area contributed by atoms with E-state index in [4.69, 9.17) is 4.74 Å². The van der Waals surface area contributed by atoms with Crippen molar-refractivity contribution in [2.45, 2.75) is 25.8 Å². The van der Waals surface area contributed by atoms with E-state index in [1.165, 1.54) is 5.69 Å². The number of ether oxygens (including phenoxy) is 1. The van der Waals surface area contributed by atoms with Gasteiger partial charge in [0.2, 0.25) is 0 Å². The van der Waals surface area contributed by atoms with E-state index in [1.807, 2.05) is 13.1 Å². The molecule has 1 unspecified atom stereocenters. The lowest BCUT2D eigenvalue weighted by atomic mass is 10.2. The van der Waals surface area contributed by atoms with Gasteiger partial charge in [0.1, 0.15) is 5.75 Å². The third-order valence-corrected chi connectivity index (χ3v) is 3.36. The molecule has 0 fully saturated rings. The molecular weight excluding hydrogens is 212 g/mol. The maximum atomic E-state index is 5.75. The number of anilines is 1. The number of benzene rings is 1. The monoisotopic (exact) mass is 234 g/mol. The number of rotatable bonds is 4. The molecule has 1 aromatic carbocycles. The molecule has 1 aliphatic rings. The van der Waals surface area contributed by atoms with Crippen LogP contribution in [0.2, 0.25) is 0 Å². The molecule has 3 nitrogen and oxygen atoms in total. The van der Waals surface area contributed by atoms with E-state index in [2.05, 4.69) is 35.3 Å². The fourth-order valence-corrected chi connectivity index (χ4v) is 2.12. The summed E-state index contributed by atoms with van der Waals surface area (Å²) in [5, 5.41) is 3.29. The number of nitrogens with one attached hydrogen (secondary N) is 1. The van der Waals surface area contributed by atoms with Gasteiger partial charge in [-0.3, -0.25) is 0 Å². The first-order chi connectivity index (χ1) is 8.31. The maximum absolute atomic E-state index is 5.75. The summed E-state index contributed by atoms with van der Waals surface area (Å²) in [6.45, 7) is 5.23. The Kier molecular flexibility index (Phi) is 4.26. The van der Waals surface area contributed by atoms with E-state index in [1.54, 1.807) is 0 Å². The average molecular weight is 234 g/mol. The lowest BCUT2D eigenvalue weighted by Gasteiger charge is -2.25. The highest BCUT2D eigenvalue weighted by Crippen LogP contribution is 2.30. The number of hydrogen-bond donors (Lipinski definition) is 1. The SMILES string of the molecule is CNC(C)CCN1CCCOc2ccccc21. The zero-order valence-electron chi connectivity index (χ0n) is 10.8. The van der Waals surface area contributed by atoms with Gasteiger partial charge in [-0.15, -0.1) is 0 Å². The highest BCUT2D eigenvalue weighted by atomic mass is 16.5. The molecule has 1 atom stereocenters. The number of fused-ring (bicyclic) bond motifs is 1. The highest BCUT2D eigenvalue weighted by molar-refractivity contribution is 5.58. The van der Waals surface area contributed by atoms with Crippen LogP contribution in [0.5, 0.6) is 5.75 Å². The van der Waals surface area contributed by atoms with Crippen molar-refractivity contribution in [3.63, 3.8) is 0 Å². The van der Waals surface area contributed by atoms with Gasteiger partial charge in [0.25, 0.3) is 0 Å². The first kappa shape index (κ1) is 12.2. The molecule has 1 aromatic rings. The second-order valence-corrected chi connectivity index (χ2v) is 4.64. The quantitative estimate of drug-likeness (QED) is 0.865. The van der Waals surface area contributed by atoms with E-state index >= 15 is 0 Å². The van der Waals surface area contributed by atoms with Crippen molar-refractivity contribution in [3.8, 4) is 5.75 Å². The van der Waals surface area contributed by atoms with Crippen LogP contribution in [0.1, 0.15) is 19.8 Å². The van der Waals surface area contributed by atoms with Crippen molar-refractivity contribution in [3.05, 3.63) is 24.3 Å². The summed E-state index contributed by atoms with van der Waals surface area (Å²) in [5.41, 5.74) is 1.24. The van der Waals surface area contributed by atoms with Crippen molar-refractivity contribution in [1.82, 2.24) is 5.32 Å². The summed E-state index contributed by atoms with van der Waals surface area (Å²) < 4.78 is 5.75. The van der Waals surface area contributed by atoms with Crippen LogP contribution in [0.4, 0.5) is 5.69 Å². The number of hydrogen-bond acceptors (Lipinski definition) is 3. The van der Waals surface area contributed by atoms with Crippen molar-refractivity contribution in [1.29, 1.82) is 0 Å². The standard InChI is InChI=1S/C14H22N2O/c1-12(15-2)8-10-16-9-5-11-17-14-7-4-3-6-13(14)16/h3-4,6-7,12,15H,5,8-11H2,1-2H3. The van der Waals surface area contributed by atoms with Gasteiger partial charge >= 0.3 is 0 Å². The summed E-state index contributed by atoms with van der Waals surface area (Å²) in [6, 6.07) is 8.91. The van der Waals surface area contributed by atoms with Crippen molar-refractivity contribution in [2.75, 3.05) is 31.6 Å². The van der Waals surface area contributed by atoms with Crippen LogP contribution in [-0.2, 0) is 0 Å². The van der Waals surface area contributed by atoms with Crippen LogP contribution >= 0.6 is 0 Å². The van der Waals surface area contributed by atoms with Crippen LogP contribution in [0.15, 0.2) is 24.3 Å². The first-order valence-electron chi connectivity index (χ1n) is 6.45. The molecule has 1 N–H and O–H groups in total. The second-order valence-electron chi connectivity index (χ2n) is 4.64. The topological polar surface area (TPSA) is 24.5 Å². The van der Waals surface area contributed by atoms with Gasteiger partial charge in [0.15, 0.2) is 0 Å². The minimum absolute atomic E-state index is 0.561. The first-order valence-corrected chi connectivity index (χ1v) is 6.45. The third-order valence-electron chi connectivity index (χ3n) is 3.36. The van der Waals surface area contributed by atoms with E-state index in [-0.39, 0.29) is 0 Å². The summed E-state index contributed by atoms with van der Waals surface area (Å²) in [4.78, 5) is 2.44. The van der Waals surface area contributed by atoms with Crippen LogP contribution < -0.4 is 15.0 Å². The summed E-state index contributed by atoms with van der Waals surface area (Å²) in [6.07, 6.45) is 2.26. The second kappa shape index (κ2) is 5.92. The molecule has 0 amide bonds. The average Bonchev–Trinajstić information content (AvgIpc) is 2.58. The molecule has 0 spiro atoms. The molecule has 17 heavy (non-hydrogen) atoms. The summed E-state index contributed by atoms with van der Waals surface area (Å²) >= 11 is 0. The highest BCUT2D eigenvalue weighted by Gasteiger charge is 2.15. The van der Waals surface area contributed by atoms with Crippen molar-refractivity contribution < 1.29 is 4.74 Å². The molecular formula is C14H22N2O. The van der Waals surface area contributed by atoms with Gasteiger partial charge < -0.3 is 15.0 Å². The van der Waals surface area contributed by atoms with Crippen LogP contribution in [0.25, 0.3) is 0 Å². The number of para-hydroxylation sites is 2. The van der Waals surface area contributed by atoms with Crippen molar-refractivity contribution in [2.24, 2.45) is 0 Å². The van der Waals surface area contributed by atoms with E-state index in [9.17, 15) is 0 Å². The lowest BCUT2D eigenvalue weighted by Crippen LogP contribution is -2.31. The normalized spacial score (nSPS) is 16.9. The van der Waals surface area contributed by atoms with Crippen LogP contribution in [-0.4, -0.2) is 32.8 Å². The fourth-order valence-electron chi connectivity index (χ4n) is 2.12. The third kappa shape index (κ3) is 3.13. The van der Waals surface area contributed by atoms with Gasteiger partial charge in [-0.1, -0.05) is 12.1 Å². The molecule has 0 aliphatic carbocycles. The minimum Gasteiger partial charge on any atom is -0.491 e. The fraction of sp³-hybridized carbons (Fsp3) is 0.571. The van der Waals surface area contributed by atoms with E-state index in [0.29, 0.717) is 6.04 Å². The van der Waals surface area contributed by atoms with Crippen molar-refractivity contribution >= 4 is 5.69 Å². The molecule has 0 bridgehead atoms. The molecule has 94 valence electrons. The molecule has 0 radical (unpaired) electrons. The maximum Gasteiger partial charge on any atom is 0.142 e. The predicted molar refractivity (Wildman–Crippen MR) is 71.9 cm³/mol. The Labute approximate surface area is 104 Å². The Morgan fingerprint density at radius 3 is 3.06 bits per heavy atom. The van der Waals surface area contributed by atoms with Crippen LogP contribution in [0.3, 0.4) is 0 Å². The molecule has 2 rings (SSSR count). The smallest absolute Gasteiger partial charge is 0.142 e. The molecule has 1 heterocycles. The molecule has 3 heteroatoms. The van der Waals surface area contributed by atoms with Crippen LogP contribution in [0, 0.1) is 0 Å². The zero-order chi connectivity index (χ0) is 12.1. The van der Waals surface area contributed by atoms with Gasteiger partial charge in [-0.2, -0.15) is 0 Å². The Balaban J connectivity index is 2.06. The summed E-state index contributed by atoms with van der Waals surface area (Å²) in [7, 11) is 2.02. The Hall–Kier alpha value is -1.22. The molecule has 1 aliphatic heterocycles. The zero-order valence-corrected chi connectivity index (χ0v) is 10.8. The largest absolute Gasteiger partial charge is 0.491 e. The molecule has 0 saturated heterocycles. The summed E-state index contributed by atoms with van der Waals surface area (Å²) in [5.74, 6) is 1.03. The van der Waals surface area contributed by atoms with Gasteiger partial charge in [-0.25, -0.2) is 0 Å². The predicted octanol–water partition coefficient (Wildman–Crippen LogP) is 2.27. The van der Waals surface area contributed by atoms with Gasteiger partial charge in [0.05, 0.1) is 12.3 Å². The Morgan fingerprint density at radius 1 is 1.41 bits per heavy atom. The Bertz CT molecular complexity index is 354. The lowest BCUT2D eigenvalue weighted by molar-refractivity contribution is 0.322.